The van der Waals surface area contributed by atoms with E-state index in [9.17, 15) is 0 Å². The summed E-state index contributed by atoms with van der Waals surface area (Å²) in [5.41, 5.74) is 1.62. The van der Waals surface area contributed by atoms with E-state index in [1.807, 2.05) is 13.0 Å². The SMILES string of the molecule is Cc1cc(Cl)[nH]/c(=N/N)c1. The molecule has 0 aromatic carbocycles. The van der Waals surface area contributed by atoms with Gasteiger partial charge in [-0.25, -0.2) is 0 Å². The Labute approximate surface area is 63.5 Å². The van der Waals surface area contributed by atoms with Gasteiger partial charge in [-0.15, -0.1) is 0 Å². The van der Waals surface area contributed by atoms with E-state index in [2.05, 4.69) is 10.1 Å². The highest BCUT2D eigenvalue weighted by atomic mass is 35.5. The van der Waals surface area contributed by atoms with Crippen molar-refractivity contribution in [2.24, 2.45) is 10.9 Å². The molecule has 10 heavy (non-hydrogen) atoms. The second-order valence-corrected chi connectivity index (χ2v) is 2.43. The number of aromatic nitrogens is 1. The zero-order chi connectivity index (χ0) is 7.56. The van der Waals surface area contributed by atoms with Gasteiger partial charge in [-0.05, 0) is 24.6 Å². The average molecular weight is 158 g/mol. The van der Waals surface area contributed by atoms with Gasteiger partial charge in [0.2, 0.25) is 0 Å². The summed E-state index contributed by atoms with van der Waals surface area (Å²) in [6, 6.07) is 3.61. The fourth-order valence-electron chi connectivity index (χ4n) is 0.721. The van der Waals surface area contributed by atoms with E-state index in [0.29, 0.717) is 10.6 Å². The van der Waals surface area contributed by atoms with Crippen LogP contribution in [0.2, 0.25) is 5.15 Å². The van der Waals surface area contributed by atoms with Crippen LogP contribution in [0.5, 0.6) is 0 Å². The van der Waals surface area contributed by atoms with Crippen molar-refractivity contribution in [2.75, 3.05) is 0 Å². The zero-order valence-corrected chi connectivity index (χ0v) is 6.31. The van der Waals surface area contributed by atoms with Crippen LogP contribution < -0.4 is 11.3 Å². The lowest BCUT2D eigenvalue weighted by Gasteiger charge is -1.92. The Morgan fingerprint density at radius 1 is 1.60 bits per heavy atom. The Kier molecular flexibility index (Phi) is 1.97. The van der Waals surface area contributed by atoms with Crippen molar-refractivity contribution >= 4 is 11.6 Å². The van der Waals surface area contributed by atoms with Gasteiger partial charge >= 0.3 is 0 Å². The number of halogens is 1. The van der Waals surface area contributed by atoms with Gasteiger partial charge in [0.25, 0.3) is 0 Å². The molecule has 0 saturated heterocycles. The molecule has 1 rings (SSSR count). The second-order valence-electron chi connectivity index (χ2n) is 2.02. The molecule has 0 saturated carbocycles. The molecule has 0 spiro atoms. The summed E-state index contributed by atoms with van der Waals surface area (Å²) in [5.74, 6) is 5.02. The van der Waals surface area contributed by atoms with E-state index in [1.165, 1.54) is 0 Å². The second kappa shape index (κ2) is 2.75. The summed E-state index contributed by atoms with van der Waals surface area (Å²) < 4.78 is 0. The summed E-state index contributed by atoms with van der Waals surface area (Å²) in [7, 11) is 0. The third-order valence-electron chi connectivity index (χ3n) is 1.11. The highest BCUT2D eigenvalue weighted by Crippen LogP contribution is 2.01. The fraction of sp³-hybridized carbons (Fsp3) is 0.167. The van der Waals surface area contributed by atoms with Crippen molar-refractivity contribution < 1.29 is 0 Å². The molecule has 0 unspecified atom stereocenters. The molecule has 0 amide bonds. The van der Waals surface area contributed by atoms with Gasteiger partial charge in [0, 0.05) is 0 Å². The average Bonchev–Trinajstić information content (AvgIpc) is 1.85. The van der Waals surface area contributed by atoms with Gasteiger partial charge in [-0.3, -0.25) is 0 Å². The van der Waals surface area contributed by atoms with Crippen LogP contribution in [0.25, 0.3) is 0 Å². The topological polar surface area (TPSA) is 54.2 Å². The monoisotopic (exact) mass is 157 g/mol. The van der Waals surface area contributed by atoms with Gasteiger partial charge in [0.1, 0.15) is 5.15 Å². The summed E-state index contributed by atoms with van der Waals surface area (Å²) in [4.78, 5) is 2.77. The highest BCUT2D eigenvalue weighted by molar-refractivity contribution is 6.29. The maximum absolute atomic E-state index is 5.66. The first kappa shape index (κ1) is 7.15. The number of aryl methyl sites for hydroxylation is 1. The lowest BCUT2D eigenvalue weighted by molar-refractivity contribution is 1.04. The Hall–Kier alpha value is -0.960. The van der Waals surface area contributed by atoms with E-state index in [-0.39, 0.29) is 0 Å². The Morgan fingerprint density at radius 3 is 2.80 bits per heavy atom. The van der Waals surface area contributed by atoms with Crippen LogP contribution in [0.3, 0.4) is 0 Å². The first-order chi connectivity index (χ1) is 4.72. The number of aromatic amines is 1. The molecule has 1 heterocycles. The summed E-state index contributed by atoms with van der Waals surface area (Å²) in [6.45, 7) is 1.92. The molecule has 1 aromatic rings. The molecule has 0 aliphatic rings. The van der Waals surface area contributed by atoms with E-state index in [4.69, 9.17) is 17.4 Å². The first-order valence-electron chi connectivity index (χ1n) is 2.83. The largest absolute Gasteiger partial charge is 0.329 e. The van der Waals surface area contributed by atoms with Crippen LogP contribution >= 0.6 is 11.6 Å². The van der Waals surface area contributed by atoms with E-state index >= 15 is 0 Å². The van der Waals surface area contributed by atoms with Crippen LogP contribution in [-0.4, -0.2) is 4.98 Å². The molecule has 0 aliphatic heterocycles. The first-order valence-corrected chi connectivity index (χ1v) is 3.20. The van der Waals surface area contributed by atoms with Crippen molar-refractivity contribution in [2.45, 2.75) is 6.92 Å². The van der Waals surface area contributed by atoms with Crippen LogP contribution in [0, 0.1) is 6.92 Å². The molecule has 3 N–H and O–H groups in total. The standard InChI is InChI=1S/C6H8ClN3/c1-4-2-5(7)9-6(3-4)10-8/h2-3H,8H2,1H3,(H,9,10). The number of nitrogens with one attached hydrogen (secondary N) is 1. The lowest BCUT2D eigenvalue weighted by Crippen LogP contribution is -2.10. The molecule has 0 bridgehead atoms. The van der Waals surface area contributed by atoms with Crippen molar-refractivity contribution in [1.29, 1.82) is 0 Å². The van der Waals surface area contributed by atoms with Crippen LogP contribution in [0.1, 0.15) is 5.56 Å². The zero-order valence-electron chi connectivity index (χ0n) is 5.56. The van der Waals surface area contributed by atoms with Gasteiger partial charge in [-0.1, -0.05) is 11.6 Å². The van der Waals surface area contributed by atoms with Crippen molar-refractivity contribution in [1.82, 2.24) is 4.98 Å². The molecule has 0 aliphatic carbocycles. The summed E-state index contributed by atoms with van der Waals surface area (Å²) in [6.07, 6.45) is 0. The minimum Gasteiger partial charge on any atom is -0.329 e. The minimum absolute atomic E-state index is 0.546. The predicted octanol–water partition coefficient (Wildman–Crippen LogP) is 0.751. The highest BCUT2D eigenvalue weighted by Gasteiger charge is 1.88. The Morgan fingerprint density at radius 2 is 2.30 bits per heavy atom. The van der Waals surface area contributed by atoms with E-state index in [0.717, 1.165) is 5.56 Å². The Bertz CT molecular complexity index is 266. The summed E-state index contributed by atoms with van der Waals surface area (Å²) in [5, 5.41) is 4.00. The normalized spacial score (nSPS) is 12.0. The number of hydrogen-bond acceptors (Lipinski definition) is 2. The number of nitrogens with two attached hydrogens (primary N) is 1. The van der Waals surface area contributed by atoms with Gasteiger partial charge in [0.15, 0.2) is 5.49 Å². The van der Waals surface area contributed by atoms with Crippen molar-refractivity contribution in [3.63, 3.8) is 0 Å². The molecule has 4 heteroatoms. The van der Waals surface area contributed by atoms with Gasteiger partial charge < -0.3 is 10.8 Å². The molecule has 1 aromatic heterocycles. The van der Waals surface area contributed by atoms with Crippen LogP contribution in [0.4, 0.5) is 0 Å². The number of rotatable bonds is 0. The fourth-order valence-corrected chi connectivity index (χ4v) is 0.990. The van der Waals surface area contributed by atoms with Crippen LogP contribution in [0.15, 0.2) is 17.2 Å². The predicted molar refractivity (Wildman–Crippen MR) is 40.3 cm³/mol. The quantitative estimate of drug-likeness (QED) is 0.326. The Balaban J connectivity index is 3.33. The molecule has 0 fully saturated rings. The molecule has 3 nitrogen and oxygen atoms in total. The van der Waals surface area contributed by atoms with Crippen molar-refractivity contribution in [3.8, 4) is 0 Å². The van der Waals surface area contributed by atoms with Gasteiger partial charge in [-0.2, -0.15) is 5.10 Å². The summed E-state index contributed by atoms with van der Waals surface area (Å²) >= 11 is 5.66. The molecular formula is C6H8ClN3. The third kappa shape index (κ3) is 1.51. The lowest BCUT2D eigenvalue weighted by atomic mass is 10.3. The molecule has 0 atom stereocenters. The molecule has 0 radical (unpaired) electrons. The maximum atomic E-state index is 5.66. The third-order valence-corrected chi connectivity index (χ3v) is 1.31. The molecule has 54 valence electrons. The number of pyridine rings is 1. The molecular weight excluding hydrogens is 150 g/mol. The smallest absolute Gasteiger partial charge is 0.150 e. The van der Waals surface area contributed by atoms with E-state index < -0.39 is 0 Å². The number of nitrogens with zero attached hydrogens (tertiary/aromatic N) is 1. The number of H-pyrrole nitrogens is 1. The van der Waals surface area contributed by atoms with E-state index in [1.54, 1.807) is 6.07 Å². The minimum atomic E-state index is 0.546. The van der Waals surface area contributed by atoms with Crippen molar-refractivity contribution in [3.05, 3.63) is 28.3 Å². The number of hydrogen-bond donors (Lipinski definition) is 2. The maximum Gasteiger partial charge on any atom is 0.150 e. The van der Waals surface area contributed by atoms with Gasteiger partial charge in [0.05, 0.1) is 0 Å². The van der Waals surface area contributed by atoms with Crippen LogP contribution in [-0.2, 0) is 0 Å².